The van der Waals surface area contributed by atoms with Gasteiger partial charge in [-0.2, -0.15) is 5.10 Å². The fourth-order valence-corrected chi connectivity index (χ4v) is 4.04. The van der Waals surface area contributed by atoms with Gasteiger partial charge in [0.25, 0.3) is 5.91 Å². The summed E-state index contributed by atoms with van der Waals surface area (Å²) in [7, 11) is 0. The lowest BCUT2D eigenvalue weighted by molar-refractivity contribution is 0.0955. The van der Waals surface area contributed by atoms with E-state index in [2.05, 4.69) is 65.2 Å². The number of hydrogen-bond acceptors (Lipinski definition) is 3. The van der Waals surface area contributed by atoms with Crippen molar-refractivity contribution in [3.63, 3.8) is 0 Å². The predicted octanol–water partition coefficient (Wildman–Crippen LogP) is 6.70. The van der Waals surface area contributed by atoms with Crippen LogP contribution in [0.3, 0.4) is 0 Å². The predicted molar refractivity (Wildman–Crippen MR) is 121 cm³/mol. The molecule has 0 aromatic heterocycles. The van der Waals surface area contributed by atoms with Crippen molar-refractivity contribution in [2.24, 2.45) is 5.10 Å². The Morgan fingerprint density at radius 1 is 1.07 bits per heavy atom. The molecule has 1 N–H and O–H groups in total. The van der Waals surface area contributed by atoms with Gasteiger partial charge in [0.05, 0.1) is 21.8 Å². The molecule has 0 unspecified atom stereocenters. The van der Waals surface area contributed by atoms with Gasteiger partial charge in [-0.15, -0.1) is 0 Å². The van der Waals surface area contributed by atoms with E-state index >= 15 is 0 Å². The average molecular weight is 561 g/mol. The molecule has 27 heavy (non-hydrogen) atoms. The summed E-state index contributed by atoms with van der Waals surface area (Å²) in [5, 5.41) is 4.03. The van der Waals surface area contributed by atoms with E-state index in [-0.39, 0.29) is 5.91 Å². The van der Waals surface area contributed by atoms with Gasteiger partial charge in [0, 0.05) is 10.0 Å². The van der Waals surface area contributed by atoms with Gasteiger partial charge in [-0.1, -0.05) is 42.1 Å². The van der Waals surface area contributed by atoms with Gasteiger partial charge < -0.3 is 4.74 Å². The Morgan fingerprint density at radius 2 is 1.74 bits per heavy atom. The number of carbonyl (C=O) groups excluding carboxylic acids is 1. The van der Waals surface area contributed by atoms with Crippen molar-refractivity contribution in [1.82, 2.24) is 5.43 Å². The molecule has 0 bridgehead atoms. The first-order chi connectivity index (χ1) is 13.0. The van der Waals surface area contributed by atoms with Crippen molar-refractivity contribution in [2.45, 2.75) is 32.6 Å². The fourth-order valence-electron chi connectivity index (χ4n) is 2.33. The fraction of sp³-hybridized carbons (Fsp3) is 0.300. The number of amides is 1. The highest BCUT2D eigenvalue weighted by molar-refractivity contribution is 9.11. The van der Waals surface area contributed by atoms with Crippen LogP contribution in [0.2, 0.25) is 0 Å². The first-order valence-corrected chi connectivity index (χ1v) is 11.1. The Morgan fingerprint density at radius 3 is 2.37 bits per heavy atom. The summed E-state index contributed by atoms with van der Waals surface area (Å²) in [5.74, 6) is 0.520. The second kappa shape index (κ2) is 11.6. The van der Waals surface area contributed by atoms with Crippen molar-refractivity contribution in [3.05, 3.63) is 60.9 Å². The van der Waals surface area contributed by atoms with E-state index in [0.717, 1.165) is 31.2 Å². The van der Waals surface area contributed by atoms with Crippen molar-refractivity contribution in [3.8, 4) is 5.75 Å². The molecule has 0 aliphatic carbocycles. The SMILES string of the molecule is CCCCCCOc1c(Br)cc(/C=N/NC(=O)c2ccc(Br)cc2)cc1Br. The molecule has 0 saturated carbocycles. The van der Waals surface area contributed by atoms with Crippen LogP contribution in [0.4, 0.5) is 0 Å². The first kappa shape index (κ1) is 22.1. The normalized spacial score (nSPS) is 11.0. The molecule has 2 aromatic carbocycles. The van der Waals surface area contributed by atoms with Crippen LogP contribution in [0.1, 0.15) is 48.5 Å². The van der Waals surface area contributed by atoms with Crippen LogP contribution >= 0.6 is 47.8 Å². The van der Waals surface area contributed by atoms with Crippen LogP contribution in [-0.4, -0.2) is 18.7 Å². The molecule has 0 atom stereocenters. The number of rotatable bonds is 9. The third-order valence-electron chi connectivity index (χ3n) is 3.75. The molecule has 0 radical (unpaired) electrons. The lowest BCUT2D eigenvalue weighted by Crippen LogP contribution is -2.17. The minimum absolute atomic E-state index is 0.260. The molecule has 0 heterocycles. The Labute approximate surface area is 185 Å². The summed E-state index contributed by atoms with van der Waals surface area (Å²) in [6.45, 7) is 2.88. The first-order valence-electron chi connectivity index (χ1n) is 8.72. The van der Waals surface area contributed by atoms with E-state index in [1.807, 2.05) is 24.3 Å². The summed E-state index contributed by atoms with van der Waals surface area (Å²) in [5.41, 5.74) is 3.91. The van der Waals surface area contributed by atoms with Crippen LogP contribution in [-0.2, 0) is 0 Å². The number of unbranched alkanes of at least 4 members (excludes halogenated alkanes) is 3. The van der Waals surface area contributed by atoms with E-state index in [1.165, 1.54) is 19.3 Å². The number of nitrogens with zero attached hydrogens (tertiary/aromatic N) is 1. The van der Waals surface area contributed by atoms with Gasteiger partial charge in [0.2, 0.25) is 0 Å². The average Bonchev–Trinajstić information content (AvgIpc) is 2.64. The Hall–Kier alpha value is -1.18. The molecule has 4 nitrogen and oxygen atoms in total. The third kappa shape index (κ3) is 7.39. The maximum absolute atomic E-state index is 12.0. The number of benzene rings is 2. The third-order valence-corrected chi connectivity index (χ3v) is 5.46. The number of ether oxygens (including phenoxy) is 1. The van der Waals surface area contributed by atoms with Crippen LogP contribution in [0.5, 0.6) is 5.75 Å². The van der Waals surface area contributed by atoms with Crippen molar-refractivity contribution >= 4 is 59.9 Å². The highest BCUT2D eigenvalue weighted by Crippen LogP contribution is 2.34. The van der Waals surface area contributed by atoms with E-state index in [9.17, 15) is 4.79 Å². The van der Waals surface area contributed by atoms with Gasteiger partial charge >= 0.3 is 0 Å². The summed E-state index contributed by atoms with van der Waals surface area (Å²) in [4.78, 5) is 12.0. The highest BCUT2D eigenvalue weighted by atomic mass is 79.9. The van der Waals surface area contributed by atoms with Gasteiger partial charge in [-0.05, 0) is 80.2 Å². The Bertz CT molecular complexity index is 769. The zero-order valence-corrected chi connectivity index (χ0v) is 19.7. The van der Waals surface area contributed by atoms with E-state index in [0.29, 0.717) is 12.2 Å². The molecular weight excluding hydrogens is 540 g/mol. The van der Waals surface area contributed by atoms with Crippen LogP contribution in [0, 0.1) is 0 Å². The number of carbonyl (C=O) groups is 1. The van der Waals surface area contributed by atoms with Gasteiger partial charge in [0.15, 0.2) is 0 Å². The molecule has 0 aliphatic rings. The molecule has 0 saturated heterocycles. The topological polar surface area (TPSA) is 50.7 Å². The molecule has 0 fully saturated rings. The number of hydrogen-bond donors (Lipinski definition) is 1. The number of hydrazone groups is 1. The second-order valence-electron chi connectivity index (χ2n) is 5.93. The highest BCUT2D eigenvalue weighted by Gasteiger charge is 2.09. The van der Waals surface area contributed by atoms with Crippen LogP contribution in [0.15, 0.2) is 54.9 Å². The lowest BCUT2D eigenvalue weighted by atomic mass is 10.2. The van der Waals surface area contributed by atoms with Crippen molar-refractivity contribution < 1.29 is 9.53 Å². The molecule has 0 aliphatic heterocycles. The second-order valence-corrected chi connectivity index (χ2v) is 8.55. The molecule has 7 heteroatoms. The molecule has 1 amide bonds. The quantitative estimate of drug-likeness (QED) is 0.211. The van der Waals surface area contributed by atoms with Gasteiger partial charge in [-0.25, -0.2) is 5.43 Å². The van der Waals surface area contributed by atoms with Crippen LogP contribution in [0.25, 0.3) is 0 Å². The maximum Gasteiger partial charge on any atom is 0.271 e. The Kier molecular flexibility index (Phi) is 9.51. The van der Waals surface area contributed by atoms with E-state index in [1.54, 1.807) is 18.3 Å². The summed E-state index contributed by atoms with van der Waals surface area (Å²) in [6.07, 6.45) is 6.25. The molecule has 144 valence electrons. The zero-order valence-electron chi connectivity index (χ0n) is 15.0. The minimum atomic E-state index is -0.260. The standard InChI is InChI=1S/C20H21Br3N2O2/c1-2-3-4-5-10-27-19-17(22)11-14(12-18(19)23)13-24-25-20(26)15-6-8-16(21)9-7-15/h6-9,11-13H,2-5,10H2,1H3,(H,25,26)/b24-13+. The van der Waals surface area contributed by atoms with Crippen LogP contribution < -0.4 is 10.2 Å². The molecule has 2 rings (SSSR count). The van der Waals surface area contributed by atoms with E-state index in [4.69, 9.17) is 4.74 Å². The largest absolute Gasteiger partial charge is 0.491 e. The monoisotopic (exact) mass is 558 g/mol. The lowest BCUT2D eigenvalue weighted by Gasteiger charge is -2.11. The van der Waals surface area contributed by atoms with Gasteiger partial charge in [-0.3, -0.25) is 4.79 Å². The summed E-state index contributed by atoms with van der Waals surface area (Å²) >= 11 is 10.4. The summed E-state index contributed by atoms with van der Waals surface area (Å²) < 4.78 is 8.47. The summed E-state index contributed by atoms with van der Waals surface area (Å²) in [6, 6.07) is 10.9. The van der Waals surface area contributed by atoms with Gasteiger partial charge in [0.1, 0.15) is 5.75 Å². The molecular formula is C20H21Br3N2O2. The number of nitrogens with one attached hydrogen (secondary N) is 1. The zero-order chi connectivity index (χ0) is 19.6. The molecule has 0 spiro atoms. The number of halogens is 3. The smallest absolute Gasteiger partial charge is 0.271 e. The minimum Gasteiger partial charge on any atom is -0.491 e. The van der Waals surface area contributed by atoms with Crippen molar-refractivity contribution in [1.29, 1.82) is 0 Å². The molecule has 2 aromatic rings. The Balaban J connectivity index is 1.93. The van der Waals surface area contributed by atoms with Crippen molar-refractivity contribution in [2.75, 3.05) is 6.61 Å². The van der Waals surface area contributed by atoms with E-state index < -0.39 is 0 Å². The maximum atomic E-state index is 12.0.